The van der Waals surface area contributed by atoms with E-state index in [9.17, 15) is 0 Å². The largest absolute Gasteiger partial charge is 0.277 e. The first kappa shape index (κ1) is 80.3. The smallest absolute Gasteiger partial charge is 0.238 e. The molecular formula is C129H78N12. The van der Waals surface area contributed by atoms with Gasteiger partial charge >= 0.3 is 0 Å². The van der Waals surface area contributed by atoms with E-state index in [0.717, 1.165) is 104 Å². The molecule has 0 radical (unpaired) electrons. The molecule has 141 heavy (non-hydrogen) atoms. The molecule has 12 heteroatoms. The highest BCUT2D eigenvalue weighted by Gasteiger charge is 2.29. The van der Waals surface area contributed by atoms with E-state index >= 15 is 0 Å². The number of nitrogens with zero attached hydrogens (tertiary/aromatic N) is 12. The Morgan fingerprint density at radius 3 is 0.794 bits per heavy atom. The highest BCUT2D eigenvalue weighted by atomic mass is 15.2. The third kappa shape index (κ3) is 13.3. The standard InChI is InChI=1S/3C43H26N4/c1-2-14-29(15-3-1)41-44-42(31-23-22-27-12-4-5-16-30(27)26-31)46-43(45-41)47-39-32-17-7-6-13-28(32)24-25-37(39)38-35-20-10-8-18-33(35)34-19-9-11-21-36(34)40(38)47;1-2-14-29(15-3-1)41-44-42(31-23-22-27-12-4-5-16-30(27)26-31)46-43(45-41)47-37-25-24-28-13-6-7-17-32(28)38(37)39-35-20-10-8-18-33(35)34-19-9-11-21-36(34)40(39)47;1-2-13-28(14-3-1)41-44-42(32-23-22-27-12-4-5-15-29(27)24-32)46-43(45-41)47-38-26-31-17-7-6-16-30(31)25-37(38)39-35-20-10-8-18-33(35)34-19-9-11-21-36(34)40(39)47/h3*1-26H. The third-order valence-corrected chi connectivity index (χ3v) is 28.1. The van der Waals surface area contributed by atoms with Crippen molar-refractivity contribution in [1.29, 1.82) is 0 Å². The summed E-state index contributed by atoms with van der Waals surface area (Å²) in [5.74, 6) is 5.62. The molecule has 6 heterocycles. The number of benzene rings is 24. The molecule has 30 aromatic rings. The van der Waals surface area contributed by atoms with E-state index in [1.807, 2.05) is 54.6 Å². The Labute approximate surface area is 807 Å². The van der Waals surface area contributed by atoms with Gasteiger partial charge in [0.05, 0.1) is 33.1 Å². The van der Waals surface area contributed by atoms with Gasteiger partial charge in [0.2, 0.25) is 17.8 Å². The maximum atomic E-state index is 5.31. The van der Waals surface area contributed by atoms with Crippen molar-refractivity contribution in [3.05, 3.63) is 473 Å². The van der Waals surface area contributed by atoms with Gasteiger partial charge in [-0.05, 0) is 144 Å². The van der Waals surface area contributed by atoms with Gasteiger partial charge < -0.3 is 0 Å². The highest BCUT2D eigenvalue weighted by Crippen LogP contribution is 2.50. The molecule has 0 saturated heterocycles. The molecule has 0 aliphatic carbocycles. The third-order valence-electron chi connectivity index (χ3n) is 28.1. The van der Waals surface area contributed by atoms with E-state index in [1.165, 1.54) is 124 Å². The van der Waals surface area contributed by atoms with E-state index in [-0.39, 0.29) is 0 Å². The number of fused-ring (bicyclic) bond motifs is 32. The lowest BCUT2D eigenvalue weighted by Crippen LogP contribution is -2.07. The molecule has 0 spiro atoms. The van der Waals surface area contributed by atoms with Crippen molar-refractivity contribution in [1.82, 2.24) is 58.6 Å². The summed E-state index contributed by atoms with van der Waals surface area (Å²) < 4.78 is 6.83. The van der Waals surface area contributed by atoms with Crippen LogP contribution >= 0.6 is 0 Å². The first-order chi connectivity index (χ1) is 69.9. The van der Waals surface area contributed by atoms with Crippen LogP contribution in [-0.4, -0.2) is 58.6 Å². The fourth-order valence-electron chi connectivity index (χ4n) is 21.8. The summed E-state index contributed by atoms with van der Waals surface area (Å²) in [4.78, 5) is 46.9. The van der Waals surface area contributed by atoms with Crippen LogP contribution in [0.4, 0.5) is 0 Å². The van der Waals surface area contributed by atoms with Gasteiger partial charge in [-0.15, -0.1) is 0 Å². The van der Waals surface area contributed by atoms with Crippen LogP contribution in [0.25, 0.3) is 281 Å². The van der Waals surface area contributed by atoms with Crippen LogP contribution in [0.3, 0.4) is 0 Å². The molecular weight excluding hydrogens is 1720 g/mol. The molecule has 0 atom stereocenters. The molecule has 654 valence electrons. The predicted molar refractivity (Wildman–Crippen MR) is 585 cm³/mol. The topological polar surface area (TPSA) is 131 Å². The summed E-state index contributed by atoms with van der Waals surface area (Å²) in [5, 5.41) is 35.7. The summed E-state index contributed by atoms with van der Waals surface area (Å²) in [6.07, 6.45) is 0. The monoisotopic (exact) mass is 1790 g/mol. The molecule has 6 aromatic heterocycles. The molecule has 0 N–H and O–H groups in total. The molecule has 0 amide bonds. The molecule has 0 aliphatic heterocycles. The van der Waals surface area contributed by atoms with Crippen molar-refractivity contribution in [2.75, 3.05) is 0 Å². The average Bonchev–Trinajstić information content (AvgIpc) is 1.51. The molecule has 12 nitrogen and oxygen atoms in total. The quantitative estimate of drug-likeness (QED) is 0.130. The van der Waals surface area contributed by atoms with E-state index in [4.69, 9.17) is 44.9 Å². The lowest BCUT2D eigenvalue weighted by Gasteiger charge is -2.14. The number of hydrogen-bond donors (Lipinski definition) is 0. The van der Waals surface area contributed by atoms with Gasteiger partial charge in [-0.3, -0.25) is 13.7 Å². The van der Waals surface area contributed by atoms with Crippen molar-refractivity contribution in [3.63, 3.8) is 0 Å². The van der Waals surface area contributed by atoms with Crippen LogP contribution in [0.2, 0.25) is 0 Å². The Hall–Kier alpha value is -19.2. The summed E-state index contributed by atoms with van der Waals surface area (Å²) in [6, 6.07) is 167. The average molecular weight is 1800 g/mol. The van der Waals surface area contributed by atoms with E-state index in [1.54, 1.807) is 0 Å². The zero-order chi connectivity index (χ0) is 92.7. The van der Waals surface area contributed by atoms with E-state index < -0.39 is 0 Å². The van der Waals surface area contributed by atoms with Gasteiger partial charge in [0.1, 0.15) is 0 Å². The fraction of sp³-hybridized carbons (Fsp3) is 0. The van der Waals surface area contributed by atoms with Gasteiger partial charge in [-0.2, -0.15) is 29.9 Å². The van der Waals surface area contributed by atoms with Crippen LogP contribution in [0.1, 0.15) is 0 Å². The second-order valence-corrected chi connectivity index (χ2v) is 36.2. The Morgan fingerprint density at radius 2 is 0.383 bits per heavy atom. The van der Waals surface area contributed by atoms with Crippen LogP contribution in [0.5, 0.6) is 0 Å². The summed E-state index contributed by atoms with van der Waals surface area (Å²) in [6.45, 7) is 0. The first-order valence-electron chi connectivity index (χ1n) is 47.6. The van der Waals surface area contributed by atoms with Gasteiger partial charge in [0, 0.05) is 87.2 Å². The molecule has 24 aromatic carbocycles. The maximum Gasteiger partial charge on any atom is 0.238 e. The molecule has 0 bridgehead atoms. The van der Waals surface area contributed by atoms with E-state index in [0.29, 0.717) is 52.8 Å². The van der Waals surface area contributed by atoms with Crippen LogP contribution in [-0.2, 0) is 0 Å². The van der Waals surface area contributed by atoms with Crippen molar-refractivity contribution in [2.45, 2.75) is 0 Å². The Morgan fingerprint density at radius 1 is 0.121 bits per heavy atom. The summed E-state index contributed by atoms with van der Waals surface area (Å²) in [7, 11) is 0. The minimum atomic E-state index is 0.595. The lowest BCUT2D eigenvalue weighted by atomic mass is 9.95. The van der Waals surface area contributed by atoms with Crippen LogP contribution < -0.4 is 0 Å². The molecule has 0 aliphatic rings. The summed E-state index contributed by atoms with van der Waals surface area (Å²) >= 11 is 0. The van der Waals surface area contributed by atoms with Crippen molar-refractivity contribution >= 4 is 195 Å². The maximum absolute atomic E-state index is 5.31. The zero-order valence-corrected chi connectivity index (χ0v) is 75.9. The minimum Gasteiger partial charge on any atom is -0.277 e. The van der Waals surface area contributed by atoms with Gasteiger partial charge in [-0.25, -0.2) is 15.0 Å². The molecule has 0 unspecified atom stereocenters. The van der Waals surface area contributed by atoms with Crippen LogP contribution in [0, 0.1) is 0 Å². The Bertz CT molecular complexity index is 10200. The normalized spacial score (nSPS) is 11.8. The van der Waals surface area contributed by atoms with Gasteiger partial charge in [-0.1, -0.05) is 437 Å². The molecule has 0 saturated carbocycles. The van der Waals surface area contributed by atoms with E-state index in [2.05, 4.69) is 432 Å². The lowest BCUT2D eigenvalue weighted by molar-refractivity contribution is 0.955. The Balaban J connectivity index is 0.000000104. The van der Waals surface area contributed by atoms with Crippen molar-refractivity contribution < 1.29 is 0 Å². The Kier molecular flexibility index (Phi) is 18.7. The fourth-order valence-corrected chi connectivity index (χ4v) is 21.8. The number of rotatable bonds is 9. The zero-order valence-electron chi connectivity index (χ0n) is 75.9. The second-order valence-electron chi connectivity index (χ2n) is 36.2. The second kappa shape index (κ2) is 32.8. The number of hydrogen-bond acceptors (Lipinski definition) is 9. The van der Waals surface area contributed by atoms with Crippen molar-refractivity contribution in [3.8, 4) is 86.2 Å². The summed E-state index contributed by atoms with van der Waals surface area (Å²) in [5.41, 5.74) is 12.2. The molecule has 0 fully saturated rings. The highest BCUT2D eigenvalue weighted by molar-refractivity contribution is 6.38. The van der Waals surface area contributed by atoms with Crippen molar-refractivity contribution in [2.24, 2.45) is 0 Å². The van der Waals surface area contributed by atoms with Crippen LogP contribution in [0.15, 0.2) is 473 Å². The van der Waals surface area contributed by atoms with Gasteiger partial charge in [0.25, 0.3) is 0 Å². The number of aromatic nitrogens is 12. The molecule has 30 rings (SSSR count). The minimum absolute atomic E-state index is 0.595. The van der Waals surface area contributed by atoms with Gasteiger partial charge in [0.15, 0.2) is 34.9 Å². The predicted octanol–water partition coefficient (Wildman–Crippen LogP) is 32.7. The SMILES string of the molecule is c1ccc(-c2nc(-c3ccc4ccccc4c3)nc(-n3c4c5ccccc5ccc4c4c5ccccc5c5ccccc5c43)n2)cc1.c1ccc(-c2nc(-c3ccc4ccccc4c3)nc(-n3c4cc5ccccc5cc4c4c5ccccc5c5ccccc5c43)n2)cc1.c1ccc(-c2nc(-c3ccc4ccccc4c3)nc(-n3c4ccc5ccccc5c4c4c5ccccc5c5ccccc5c43)n2)cc1. The first-order valence-corrected chi connectivity index (χ1v) is 47.6.